The number of aliphatic hydroxyl groups excluding tert-OH is 1. The maximum absolute atomic E-state index is 12.7. The van der Waals surface area contributed by atoms with Crippen LogP contribution in [-0.4, -0.2) is 69.9 Å². The Morgan fingerprint density at radius 3 is 2.70 bits per heavy atom. The van der Waals surface area contributed by atoms with Crippen LogP contribution in [0.15, 0.2) is 12.3 Å². The van der Waals surface area contributed by atoms with E-state index >= 15 is 0 Å². The fourth-order valence-corrected chi connectivity index (χ4v) is 3.89. The molecule has 1 aromatic rings. The largest absolute Gasteiger partial charge is 0.396 e. The van der Waals surface area contributed by atoms with E-state index in [1.807, 2.05) is 18.0 Å². The van der Waals surface area contributed by atoms with Crippen LogP contribution < -0.4 is 0 Å². The molecule has 1 aromatic heterocycles. The van der Waals surface area contributed by atoms with Crippen LogP contribution in [-0.2, 0) is 6.54 Å². The van der Waals surface area contributed by atoms with Crippen molar-refractivity contribution < 1.29 is 9.90 Å². The fraction of sp³-hybridized carbons (Fsp3) is 0.765. The van der Waals surface area contributed by atoms with Gasteiger partial charge in [0, 0.05) is 39.0 Å². The molecule has 0 spiro atoms. The standard InChI is InChI=1S/C17H28N4O2/c1-2-21-8-5-16(18-21)17(23)20-11-14(9-15(12-20)13-22)10-19-6-3-4-7-19/h5,8,14-15,22H,2-4,6-7,9-13H2,1H3/t14-,15+/m1/s1. The summed E-state index contributed by atoms with van der Waals surface area (Å²) >= 11 is 0. The summed E-state index contributed by atoms with van der Waals surface area (Å²) in [6, 6.07) is 1.80. The molecule has 128 valence electrons. The van der Waals surface area contributed by atoms with Gasteiger partial charge in [-0.2, -0.15) is 5.10 Å². The molecule has 1 N–H and O–H groups in total. The highest BCUT2D eigenvalue weighted by molar-refractivity contribution is 5.92. The number of piperidine rings is 1. The zero-order chi connectivity index (χ0) is 16.2. The summed E-state index contributed by atoms with van der Waals surface area (Å²) in [6.45, 7) is 7.76. The zero-order valence-electron chi connectivity index (χ0n) is 14.0. The first kappa shape index (κ1) is 16.5. The van der Waals surface area contributed by atoms with Crippen molar-refractivity contribution in [1.29, 1.82) is 0 Å². The van der Waals surface area contributed by atoms with Gasteiger partial charge in [0.15, 0.2) is 0 Å². The highest BCUT2D eigenvalue weighted by atomic mass is 16.3. The van der Waals surface area contributed by atoms with Crippen molar-refractivity contribution in [3.05, 3.63) is 18.0 Å². The van der Waals surface area contributed by atoms with Crippen molar-refractivity contribution in [3.63, 3.8) is 0 Å². The topological polar surface area (TPSA) is 61.6 Å². The molecule has 0 unspecified atom stereocenters. The Balaban J connectivity index is 1.65. The molecule has 3 rings (SSSR count). The van der Waals surface area contributed by atoms with Gasteiger partial charge in [-0.1, -0.05) is 0 Å². The normalized spacial score (nSPS) is 25.9. The molecule has 2 fully saturated rings. The predicted octanol–water partition coefficient (Wildman–Crippen LogP) is 1.07. The van der Waals surface area contributed by atoms with Crippen LogP contribution in [0.2, 0.25) is 0 Å². The first-order valence-electron chi connectivity index (χ1n) is 8.85. The van der Waals surface area contributed by atoms with E-state index < -0.39 is 0 Å². The Morgan fingerprint density at radius 1 is 1.30 bits per heavy atom. The van der Waals surface area contributed by atoms with E-state index in [1.165, 1.54) is 25.9 Å². The number of aryl methyl sites for hydroxylation is 1. The Morgan fingerprint density at radius 2 is 2.04 bits per heavy atom. The van der Waals surface area contributed by atoms with E-state index in [0.29, 0.717) is 18.2 Å². The highest BCUT2D eigenvalue weighted by Gasteiger charge is 2.32. The minimum absolute atomic E-state index is 0.00164. The maximum atomic E-state index is 12.7. The van der Waals surface area contributed by atoms with Gasteiger partial charge in [-0.15, -0.1) is 0 Å². The Hall–Kier alpha value is -1.40. The Bertz CT molecular complexity index is 524. The van der Waals surface area contributed by atoms with Crippen LogP contribution in [0.4, 0.5) is 0 Å². The van der Waals surface area contributed by atoms with Crippen molar-refractivity contribution in [1.82, 2.24) is 19.6 Å². The third-order valence-electron chi connectivity index (χ3n) is 5.07. The molecule has 2 aliphatic rings. The van der Waals surface area contributed by atoms with Gasteiger partial charge >= 0.3 is 0 Å². The molecule has 6 nitrogen and oxygen atoms in total. The number of hydrogen-bond acceptors (Lipinski definition) is 4. The summed E-state index contributed by atoms with van der Waals surface area (Å²) in [4.78, 5) is 17.1. The van der Waals surface area contributed by atoms with E-state index in [9.17, 15) is 9.90 Å². The third kappa shape index (κ3) is 3.93. The summed E-state index contributed by atoms with van der Waals surface area (Å²) in [5.74, 6) is 0.645. The summed E-state index contributed by atoms with van der Waals surface area (Å²) in [5, 5.41) is 13.9. The molecule has 0 aliphatic carbocycles. The second kappa shape index (κ2) is 7.45. The van der Waals surface area contributed by atoms with Crippen LogP contribution in [0.5, 0.6) is 0 Å². The van der Waals surface area contributed by atoms with E-state index in [0.717, 1.165) is 26.1 Å². The van der Waals surface area contributed by atoms with Crippen molar-refractivity contribution in [3.8, 4) is 0 Å². The van der Waals surface area contributed by atoms with Crippen LogP contribution >= 0.6 is 0 Å². The summed E-state index contributed by atoms with van der Waals surface area (Å²) < 4.78 is 1.78. The molecule has 23 heavy (non-hydrogen) atoms. The molecular weight excluding hydrogens is 292 g/mol. The van der Waals surface area contributed by atoms with Gasteiger partial charge in [0.2, 0.25) is 0 Å². The van der Waals surface area contributed by atoms with Gasteiger partial charge in [-0.05, 0) is 57.2 Å². The number of carbonyl (C=O) groups is 1. The van der Waals surface area contributed by atoms with E-state index in [-0.39, 0.29) is 18.4 Å². The molecule has 0 saturated carbocycles. The first-order valence-corrected chi connectivity index (χ1v) is 8.85. The Labute approximate surface area is 138 Å². The average molecular weight is 320 g/mol. The smallest absolute Gasteiger partial charge is 0.274 e. The zero-order valence-corrected chi connectivity index (χ0v) is 14.0. The molecule has 3 heterocycles. The maximum Gasteiger partial charge on any atom is 0.274 e. The van der Waals surface area contributed by atoms with Gasteiger partial charge < -0.3 is 14.9 Å². The lowest BCUT2D eigenvalue weighted by molar-refractivity contribution is 0.0460. The molecule has 0 aromatic carbocycles. The second-order valence-corrected chi connectivity index (χ2v) is 6.92. The SMILES string of the molecule is CCn1ccc(C(=O)N2C[C@@H](CN3CCCC3)C[C@H](CO)C2)n1. The van der Waals surface area contributed by atoms with Gasteiger partial charge in [0.25, 0.3) is 5.91 Å². The first-order chi connectivity index (χ1) is 11.2. The number of amides is 1. The number of rotatable bonds is 5. The van der Waals surface area contributed by atoms with E-state index in [2.05, 4.69) is 10.00 Å². The lowest BCUT2D eigenvalue weighted by Crippen LogP contribution is -2.47. The molecule has 2 saturated heterocycles. The molecular formula is C17H28N4O2. The van der Waals surface area contributed by atoms with E-state index in [1.54, 1.807) is 10.7 Å². The summed E-state index contributed by atoms with van der Waals surface area (Å²) in [5.41, 5.74) is 0.519. The lowest BCUT2D eigenvalue weighted by Gasteiger charge is -2.38. The minimum atomic E-state index is 0.00164. The number of carbonyl (C=O) groups excluding carboxylic acids is 1. The monoisotopic (exact) mass is 320 g/mol. The lowest BCUT2D eigenvalue weighted by atomic mass is 9.89. The highest BCUT2D eigenvalue weighted by Crippen LogP contribution is 2.25. The van der Waals surface area contributed by atoms with Crippen LogP contribution in [0, 0.1) is 11.8 Å². The third-order valence-corrected chi connectivity index (χ3v) is 5.07. The van der Waals surface area contributed by atoms with Gasteiger partial charge in [-0.3, -0.25) is 9.48 Å². The number of nitrogens with zero attached hydrogens (tertiary/aromatic N) is 4. The minimum Gasteiger partial charge on any atom is -0.396 e. The van der Waals surface area contributed by atoms with Crippen LogP contribution in [0.1, 0.15) is 36.7 Å². The van der Waals surface area contributed by atoms with E-state index in [4.69, 9.17) is 0 Å². The summed E-state index contributed by atoms with van der Waals surface area (Å²) in [6.07, 6.45) is 5.43. The number of likely N-dealkylation sites (tertiary alicyclic amines) is 2. The molecule has 2 atom stereocenters. The predicted molar refractivity (Wildman–Crippen MR) is 88.2 cm³/mol. The number of aliphatic hydroxyl groups is 1. The van der Waals surface area contributed by atoms with Gasteiger partial charge in [-0.25, -0.2) is 0 Å². The van der Waals surface area contributed by atoms with Crippen molar-refractivity contribution in [2.24, 2.45) is 11.8 Å². The molecule has 2 aliphatic heterocycles. The quantitative estimate of drug-likeness (QED) is 0.881. The molecule has 0 bridgehead atoms. The van der Waals surface area contributed by atoms with Crippen molar-refractivity contribution in [2.45, 2.75) is 32.7 Å². The molecule has 6 heteroatoms. The van der Waals surface area contributed by atoms with Crippen LogP contribution in [0.25, 0.3) is 0 Å². The molecule has 0 radical (unpaired) electrons. The summed E-state index contributed by atoms with van der Waals surface area (Å²) in [7, 11) is 0. The molecule has 1 amide bonds. The average Bonchev–Trinajstić information content (AvgIpc) is 3.25. The number of aromatic nitrogens is 2. The number of hydrogen-bond donors (Lipinski definition) is 1. The Kier molecular flexibility index (Phi) is 5.33. The van der Waals surface area contributed by atoms with Gasteiger partial charge in [0.05, 0.1) is 0 Å². The fourth-order valence-electron chi connectivity index (χ4n) is 3.89. The van der Waals surface area contributed by atoms with Crippen molar-refractivity contribution >= 4 is 5.91 Å². The van der Waals surface area contributed by atoms with Crippen LogP contribution in [0.3, 0.4) is 0 Å². The second-order valence-electron chi connectivity index (χ2n) is 6.92. The van der Waals surface area contributed by atoms with Crippen molar-refractivity contribution in [2.75, 3.05) is 39.3 Å². The van der Waals surface area contributed by atoms with Gasteiger partial charge in [0.1, 0.15) is 5.69 Å².